The van der Waals surface area contributed by atoms with E-state index in [1.54, 1.807) is 4.90 Å². The van der Waals surface area contributed by atoms with E-state index in [9.17, 15) is 4.79 Å². The van der Waals surface area contributed by atoms with Crippen LogP contribution >= 0.6 is 0 Å². The normalized spacial score (nSPS) is 26.8. The zero-order valence-electron chi connectivity index (χ0n) is 11.5. The van der Waals surface area contributed by atoms with Crippen molar-refractivity contribution in [2.75, 3.05) is 20.6 Å². The van der Waals surface area contributed by atoms with Crippen LogP contribution in [0.1, 0.15) is 34.1 Å². The van der Waals surface area contributed by atoms with Crippen molar-refractivity contribution in [2.45, 2.75) is 46.2 Å². The molecule has 1 amide bonds. The predicted octanol–water partition coefficient (Wildman–Crippen LogP) is 1.83. The fraction of sp³-hybridized carbons (Fsp3) is 0.923. The molecule has 0 aromatic carbocycles. The van der Waals surface area contributed by atoms with Gasteiger partial charge in [-0.3, -0.25) is 9.69 Å². The van der Waals surface area contributed by atoms with E-state index in [0.717, 1.165) is 13.0 Å². The van der Waals surface area contributed by atoms with Gasteiger partial charge in [-0.2, -0.15) is 0 Å². The number of nitrogens with zero attached hydrogens (tertiary/aromatic N) is 2. The third-order valence-electron chi connectivity index (χ3n) is 3.61. The second-order valence-corrected chi connectivity index (χ2v) is 5.77. The molecule has 0 spiro atoms. The van der Waals surface area contributed by atoms with Crippen molar-refractivity contribution in [1.29, 1.82) is 0 Å². The highest BCUT2D eigenvalue weighted by Gasteiger charge is 2.38. The van der Waals surface area contributed by atoms with Gasteiger partial charge in [0.1, 0.15) is 0 Å². The molecule has 16 heavy (non-hydrogen) atoms. The van der Waals surface area contributed by atoms with E-state index in [1.165, 1.54) is 0 Å². The SMILES string of the molecule is CC(C)[C@@H]1C[C@H](C(=O)N(C)C)CN1C(C)C. The lowest BCUT2D eigenvalue weighted by Gasteiger charge is -2.30. The van der Waals surface area contributed by atoms with Crippen molar-refractivity contribution in [3.05, 3.63) is 0 Å². The van der Waals surface area contributed by atoms with Crippen molar-refractivity contribution in [1.82, 2.24) is 9.80 Å². The van der Waals surface area contributed by atoms with E-state index >= 15 is 0 Å². The predicted molar refractivity (Wildman–Crippen MR) is 67.3 cm³/mol. The van der Waals surface area contributed by atoms with Crippen molar-refractivity contribution < 1.29 is 4.79 Å². The molecule has 0 radical (unpaired) electrons. The van der Waals surface area contributed by atoms with Crippen LogP contribution in [-0.4, -0.2) is 48.4 Å². The van der Waals surface area contributed by atoms with E-state index in [0.29, 0.717) is 18.0 Å². The van der Waals surface area contributed by atoms with Gasteiger partial charge in [-0.15, -0.1) is 0 Å². The summed E-state index contributed by atoms with van der Waals surface area (Å²) in [4.78, 5) is 16.2. The Morgan fingerprint density at radius 2 is 1.81 bits per heavy atom. The molecule has 1 rings (SSSR count). The summed E-state index contributed by atoms with van der Waals surface area (Å²) >= 11 is 0. The summed E-state index contributed by atoms with van der Waals surface area (Å²) in [5.41, 5.74) is 0. The summed E-state index contributed by atoms with van der Waals surface area (Å²) in [6, 6.07) is 1.10. The first-order chi connectivity index (χ1) is 7.34. The van der Waals surface area contributed by atoms with Gasteiger partial charge in [-0.25, -0.2) is 0 Å². The number of hydrogen-bond donors (Lipinski definition) is 0. The Labute approximate surface area is 99.8 Å². The molecular formula is C13H26N2O. The van der Waals surface area contributed by atoms with Crippen molar-refractivity contribution in [3.63, 3.8) is 0 Å². The highest BCUT2D eigenvalue weighted by molar-refractivity contribution is 5.78. The minimum Gasteiger partial charge on any atom is -0.349 e. The molecule has 0 aliphatic carbocycles. The number of hydrogen-bond acceptors (Lipinski definition) is 2. The zero-order valence-corrected chi connectivity index (χ0v) is 11.5. The second-order valence-electron chi connectivity index (χ2n) is 5.77. The van der Waals surface area contributed by atoms with Gasteiger partial charge in [0.25, 0.3) is 0 Å². The van der Waals surface area contributed by atoms with Crippen LogP contribution in [0.3, 0.4) is 0 Å². The second kappa shape index (κ2) is 5.17. The molecule has 0 aromatic rings. The van der Waals surface area contributed by atoms with Gasteiger partial charge in [-0.1, -0.05) is 13.8 Å². The highest BCUT2D eigenvalue weighted by atomic mass is 16.2. The van der Waals surface area contributed by atoms with Gasteiger partial charge in [0.15, 0.2) is 0 Å². The molecule has 1 aliphatic rings. The van der Waals surface area contributed by atoms with Gasteiger partial charge in [0.05, 0.1) is 5.92 Å². The molecule has 1 saturated heterocycles. The highest BCUT2D eigenvalue weighted by Crippen LogP contribution is 2.30. The topological polar surface area (TPSA) is 23.6 Å². The summed E-state index contributed by atoms with van der Waals surface area (Å²) in [5, 5.41) is 0. The average molecular weight is 226 g/mol. The lowest BCUT2D eigenvalue weighted by atomic mass is 9.96. The van der Waals surface area contributed by atoms with E-state index in [1.807, 2.05) is 14.1 Å². The number of amides is 1. The third-order valence-corrected chi connectivity index (χ3v) is 3.61. The first-order valence-electron chi connectivity index (χ1n) is 6.31. The van der Waals surface area contributed by atoms with Crippen molar-refractivity contribution in [2.24, 2.45) is 11.8 Å². The lowest BCUT2D eigenvalue weighted by molar-refractivity contribution is -0.132. The minimum absolute atomic E-state index is 0.199. The standard InChI is InChI=1S/C13H26N2O/c1-9(2)12-7-11(13(16)14(5)6)8-15(12)10(3)4/h9-12H,7-8H2,1-6H3/t11-,12-/m0/s1. The molecule has 0 aromatic heterocycles. The monoisotopic (exact) mass is 226 g/mol. The van der Waals surface area contributed by atoms with Crippen LogP contribution in [0.25, 0.3) is 0 Å². The van der Waals surface area contributed by atoms with Crippen LogP contribution in [0.5, 0.6) is 0 Å². The quantitative estimate of drug-likeness (QED) is 0.733. The molecule has 1 fully saturated rings. The summed E-state index contributed by atoms with van der Waals surface area (Å²) in [5.74, 6) is 1.11. The fourth-order valence-electron chi connectivity index (χ4n) is 2.68. The Hall–Kier alpha value is -0.570. The van der Waals surface area contributed by atoms with E-state index in [2.05, 4.69) is 32.6 Å². The molecular weight excluding hydrogens is 200 g/mol. The van der Waals surface area contributed by atoms with E-state index in [-0.39, 0.29) is 11.8 Å². The molecule has 94 valence electrons. The van der Waals surface area contributed by atoms with Gasteiger partial charge >= 0.3 is 0 Å². The summed E-state index contributed by atoms with van der Waals surface area (Å²) in [7, 11) is 3.70. The maximum atomic E-state index is 12.0. The third kappa shape index (κ3) is 2.76. The lowest BCUT2D eigenvalue weighted by Crippen LogP contribution is -2.39. The Kier molecular flexibility index (Phi) is 4.36. The van der Waals surface area contributed by atoms with Gasteiger partial charge in [0, 0.05) is 32.7 Å². The largest absolute Gasteiger partial charge is 0.349 e. The maximum absolute atomic E-state index is 12.0. The summed E-state index contributed by atoms with van der Waals surface area (Å²) in [6.07, 6.45) is 1.02. The molecule has 0 unspecified atom stereocenters. The first-order valence-corrected chi connectivity index (χ1v) is 6.31. The Morgan fingerprint density at radius 3 is 2.12 bits per heavy atom. The molecule has 0 N–H and O–H groups in total. The first kappa shape index (κ1) is 13.5. The number of rotatable bonds is 3. The molecule has 3 heteroatoms. The van der Waals surface area contributed by atoms with Crippen LogP contribution in [0.2, 0.25) is 0 Å². The van der Waals surface area contributed by atoms with Crippen LogP contribution in [0.4, 0.5) is 0 Å². The summed E-state index contributed by atoms with van der Waals surface area (Å²) < 4.78 is 0. The number of carbonyl (C=O) groups is 1. The zero-order chi connectivity index (χ0) is 12.5. The fourth-order valence-corrected chi connectivity index (χ4v) is 2.68. The Bertz CT molecular complexity index is 232. The van der Waals surface area contributed by atoms with Gasteiger partial charge in [0.2, 0.25) is 5.91 Å². The average Bonchev–Trinajstić information content (AvgIpc) is 2.60. The maximum Gasteiger partial charge on any atom is 0.226 e. The van der Waals surface area contributed by atoms with Crippen LogP contribution < -0.4 is 0 Å². The van der Waals surface area contributed by atoms with Crippen LogP contribution in [-0.2, 0) is 4.79 Å². The summed E-state index contributed by atoms with van der Waals surface area (Å²) in [6.45, 7) is 9.87. The van der Waals surface area contributed by atoms with E-state index in [4.69, 9.17) is 0 Å². The smallest absolute Gasteiger partial charge is 0.226 e. The molecule has 1 aliphatic heterocycles. The van der Waals surface area contributed by atoms with Gasteiger partial charge in [-0.05, 0) is 26.2 Å². The molecule has 0 bridgehead atoms. The Balaban J connectivity index is 2.73. The minimum atomic E-state index is 0.199. The van der Waals surface area contributed by atoms with E-state index < -0.39 is 0 Å². The number of carbonyl (C=O) groups excluding carboxylic acids is 1. The van der Waals surface area contributed by atoms with Crippen LogP contribution in [0.15, 0.2) is 0 Å². The molecule has 3 nitrogen and oxygen atoms in total. The van der Waals surface area contributed by atoms with Crippen molar-refractivity contribution in [3.8, 4) is 0 Å². The van der Waals surface area contributed by atoms with Crippen LogP contribution in [0, 0.1) is 11.8 Å². The molecule has 2 atom stereocenters. The molecule has 0 saturated carbocycles. The van der Waals surface area contributed by atoms with Crippen molar-refractivity contribution >= 4 is 5.91 Å². The Morgan fingerprint density at radius 1 is 1.25 bits per heavy atom. The number of likely N-dealkylation sites (tertiary alicyclic amines) is 1. The van der Waals surface area contributed by atoms with Gasteiger partial charge < -0.3 is 4.90 Å². The molecule has 1 heterocycles.